The predicted octanol–water partition coefficient (Wildman–Crippen LogP) is 3.35. The molecule has 1 atom stereocenters. The molecular formula is C22H27FN2O2. The van der Waals surface area contributed by atoms with Crippen molar-refractivity contribution >= 4 is 11.8 Å². The number of amides is 2. The molecule has 2 aromatic rings. The Labute approximate surface area is 160 Å². The van der Waals surface area contributed by atoms with Crippen molar-refractivity contribution in [1.29, 1.82) is 0 Å². The van der Waals surface area contributed by atoms with Crippen LogP contribution in [0.3, 0.4) is 0 Å². The Hall–Kier alpha value is -2.69. The molecule has 0 aliphatic heterocycles. The fourth-order valence-electron chi connectivity index (χ4n) is 3.07. The van der Waals surface area contributed by atoms with Gasteiger partial charge in [-0.1, -0.05) is 49.4 Å². The summed E-state index contributed by atoms with van der Waals surface area (Å²) >= 11 is 0. The SMILES string of the molecule is CCNC(=O)[C@@H](CC)N(CCc1ccccc1)C(=O)Cc1ccc(F)cc1. The third-order valence-corrected chi connectivity index (χ3v) is 4.49. The quantitative estimate of drug-likeness (QED) is 0.736. The van der Waals surface area contributed by atoms with E-state index in [2.05, 4.69) is 5.32 Å². The first-order valence-electron chi connectivity index (χ1n) is 9.40. The molecule has 0 saturated carbocycles. The molecule has 0 aromatic heterocycles. The molecular weight excluding hydrogens is 343 g/mol. The zero-order valence-corrected chi connectivity index (χ0v) is 16.0. The number of carbonyl (C=O) groups excluding carboxylic acids is 2. The molecule has 27 heavy (non-hydrogen) atoms. The highest BCUT2D eigenvalue weighted by atomic mass is 19.1. The molecule has 1 N–H and O–H groups in total. The molecule has 5 heteroatoms. The minimum atomic E-state index is -0.512. The second kappa shape index (κ2) is 10.5. The second-order valence-corrected chi connectivity index (χ2v) is 6.44. The Morgan fingerprint density at radius 1 is 1.00 bits per heavy atom. The van der Waals surface area contributed by atoms with E-state index < -0.39 is 6.04 Å². The van der Waals surface area contributed by atoms with E-state index in [1.807, 2.05) is 44.2 Å². The lowest BCUT2D eigenvalue weighted by molar-refractivity contribution is -0.140. The van der Waals surface area contributed by atoms with Crippen LogP contribution in [0.25, 0.3) is 0 Å². The molecule has 2 rings (SSSR count). The number of carbonyl (C=O) groups is 2. The molecule has 0 spiro atoms. The van der Waals surface area contributed by atoms with E-state index in [4.69, 9.17) is 0 Å². The van der Waals surface area contributed by atoms with Gasteiger partial charge in [-0.25, -0.2) is 4.39 Å². The summed E-state index contributed by atoms with van der Waals surface area (Å²) in [5.41, 5.74) is 1.85. The first-order chi connectivity index (χ1) is 13.0. The van der Waals surface area contributed by atoms with Gasteiger partial charge < -0.3 is 10.2 Å². The fraction of sp³-hybridized carbons (Fsp3) is 0.364. The molecule has 0 bridgehead atoms. The Bertz CT molecular complexity index is 732. The van der Waals surface area contributed by atoms with Gasteiger partial charge in [-0.2, -0.15) is 0 Å². The molecule has 144 valence electrons. The van der Waals surface area contributed by atoms with Gasteiger partial charge in [-0.05, 0) is 43.0 Å². The van der Waals surface area contributed by atoms with Gasteiger partial charge in [0.1, 0.15) is 11.9 Å². The maximum atomic E-state index is 13.1. The number of halogens is 1. The summed E-state index contributed by atoms with van der Waals surface area (Å²) in [6.45, 7) is 4.74. The highest BCUT2D eigenvalue weighted by molar-refractivity contribution is 5.88. The number of rotatable bonds is 9. The second-order valence-electron chi connectivity index (χ2n) is 6.44. The van der Waals surface area contributed by atoms with Gasteiger partial charge in [-0.15, -0.1) is 0 Å². The van der Waals surface area contributed by atoms with E-state index in [1.165, 1.54) is 12.1 Å². The summed E-state index contributed by atoms with van der Waals surface area (Å²) in [6, 6.07) is 15.3. The van der Waals surface area contributed by atoms with Crippen LogP contribution < -0.4 is 5.32 Å². The van der Waals surface area contributed by atoms with Crippen molar-refractivity contribution in [2.24, 2.45) is 0 Å². The van der Waals surface area contributed by atoms with Crippen molar-refractivity contribution < 1.29 is 14.0 Å². The van der Waals surface area contributed by atoms with Crippen LogP contribution in [0.4, 0.5) is 4.39 Å². The van der Waals surface area contributed by atoms with Crippen LogP contribution in [-0.4, -0.2) is 35.8 Å². The predicted molar refractivity (Wildman–Crippen MR) is 105 cm³/mol. The molecule has 0 aliphatic rings. The molecule has 0 radical (unpaired) electrons. The van der Waals surface area contributed by atoms with Crippen molar-refractivity contribution in [1.82, 2.24) is 10.2 Å². The number of likely N-dealkylation sites (N-methyl/N-ethyl adjacent to an activating group) is 1. The monoisotopic (exact) mass is 370 g/mol. The van der Waals surface area contributed by atoms with Crippen LogP contribution in [0.15, 0.2) is 54.6 Å². The van der Waals surface area contributed by atoms with Crippen molar-refractivity contribution in [2.45, 2.75) is 39.2 Å². The number of hydrogen-bond acceptors (Lipinski definition) is 2. The summed E-state index contributed by atoms with van der Waals surface area (Å²) in [7, 11) is 0. The van der Waals surface area contributed by atoms with E-state index in [1.54, 1.807) is 17.0 Å². The van der Waals surface area contributed by atoms with Crippen molar-refractivity contribution in [3.63, 3.8) is 0 Å². The molecule has 0 unspecified atom stereocenters. The number of nitrogens with one attached hydrogen (secondary N) is 1. The van der Waals surface area contributed by atoms with Crippen LogP contribution in [-0.2, 0) is 22.4 Å². The fourth-order valence-corrected chi connectivity index (χ4v) is 3.07. The Kier molecular flexibility index (Phi) is 7.99. The van der Waals surface area contributed by atoms with E-state index >= 15 is 0 Å². The van der Waals surface area contributed by atoms with Crippen molar-refractivity contribution in [3.8, 4) is 0 Å². The van der Waals surface area contributed by atoms with Crippen LogP contribution in [0.1, 0.15) is 31.4 Å². The van der Waals surface area contributed by atoms with E-state index in [9.17, 15) is 14.0 Å². The first kappa shape index (κ1) is 20.6. The highest BCUT2D eigenvalue weighted by Crippen LogP contribution is 2.12. The van der Waals surface area contributed by atoms with Gasteiger partial charge in [0.2, 0.25) is 11.8 Å². The summed E-state index contributed by atoms with van der Waals surface area (Å²) in [5, 5.41) is 2.82. The van der Waals surface area contributed by atoms with E-state index in [0.717, 1.165) is 11.1 Å². The summed E-state index contributed by atoms with van der Waals surface area (Å²) in [4.78, 5) is 27.1. The average molecular weight is 370 g/mol. The molecule has 0 fully saturated rings. The maximum absolute atomic E-state index is 13.1. The third-order valence-electron chi connectivity index (χ3n) is 4.49. The number of hydrogen-bond donors (Lipinski definition) is 1. The van der Waals surface area contributed by atoms with Crippen LogP contribution in [0.5, 0.6) is 0 Å². The Balaban J connectivity index is 2.16. The zero-order valence-electron chi connectivity index (χ0n) is 16.0. The molecule has 0 heterocycles. The minimum Gasteiger partial charge on any atom is -0.355 e. The molecule has 0 aliphatic carbocycles. The number of nitrogens with zero attached hydrogens (tertiary/aromatic N) is 1. The van der Waals surface area contributed by atoms with Gasteiger partial charge in [0, 0.05) is 13.1 Å². The number of benzene rings is 2. The normalized spacial score (nSPS) is 11.7. The first-order valence-corrected chi connectivity index (χ1v) is 9.40. The van der Waals surface area contributed by atoms with Crippen LogP contribution in [0, 0.1) is 5.82 Å². The summed E-state index contributed by atoms with van der Waals surface area (Å²) in [5.74, 6) is -0.600. The van der Waals surface area contributed by atoms with Gasteiger partial charge in [0.25, 0.3) is 0 Å². The largest absolute Gasteiger partial charge is 0.355 e. The minimum absolute atomic E-state index is 0.129. The lowest BCUT2D eigenvalue weighted by atomic mass is 10.1. The molecule has 0 saturated heterocycles. The van der Waals surface area contributed by atoms with Crippen molar-refractivity contribution in [2.75, 3.05) is 13.1 Å². The van der Waals surface area contributed by atoms with Gasteiger partial charge in [0.05, 0.1) is 6.42 Å². The van der Waals surface area contributed by atoms with Crippen molar-refractivity contribution in [3.05, 3.63) is 71.5 Å². The highest BCUT2D eigenvalue weighted by Gasteiger charge is 2.27. The van der Waals surface area contributed by atoms with Gasteiger partial charge in [-0.3, -0.25) is 9.59 Å². The molecule has 2 aromatic carbocycles. The van der Waals surface area contributed by atoms with Crippen LogP contribution >= 0.6 is 0 Å². The smallest absolute Gasteiger partial charge is 0.242 e. The Morgan fingerprint density at radius 2 is 1.67 bits per heavy atom. The van der Waals surface area contributed by atoms with E-state index in [-0.39, 0.29) is 24.1 Å². The maximum Gasteiger partial charge on any atom is 0.242 e. The van der Waals surface area contributed by atoms with E-state index in [0.29, 0.717) is 25.9 Å². The summed E-state index contributed by atoms with van der Waals surface area (Å²) < 4.78 is 13.1. The molecule has 4 nitrogen and oxygen atoms in total. The molecule has 2 amide bonds. The summed E-state index contributed by atoms with van der Waals surface area (Å²) in [6.07, 6.45) is 1.35. The average Bonchev–Trinajstić information content (AvgIpc) is 2.67. The zero-order chi connectivity index (χ0) is 19.6. The topological polar surface area (TPSA) is 49.4 Å². The lowest BCUT2D eigenvalue weighted by Gasteiger charge is -2.30. The van der Waals surface area contributed by atoms with Gasteiger partial charge in [0.15, 0.2) is 0 Å². The third kappa shape index (κ3) is 6.20. The van der Waals surface area contributed by atoms with Gasteiger partial charge >= 0.3 is 0 Å². The lowest BCUT2D eigenvalue weighted by Crippen LogP contribution is -2.50. The standard InChI is InChI=1S/C22H27FN2O2/c1-3-20(22(27)24-4-2)25(15-14-17-8-6-5-7-9-17)21(26)16-18-10-12-19(23)13-11-18/h5-13,20H,3-4,14-16H2,1-2H3,(H,24,27)/t20-/m1/s1. The Morgan fingerprint density at radius 3 is 2.26 bits per heavy atom. The van der Waals surface area contributed by atoms with Crippen LogP contribution in [0.2, 0.25) is 0 Å².